The van der Waals surface area contributed by atoms with Crippen LogP contribution >= 0.6 is 0 Å². The van der Waals surface area contributed by atoms with Crippen LogP contribution in [0.2, 0.25) is 0 Å². The summed E-state index contributed by atoms with van der Waals surface area (Å²) in [5.74, 6) is 7.74. The summed E-state index contributed by atoms with van der Waals surface area (Å²) in [5.41, 5.74) is -4.92. The number of allylic oxidation sites excluding steroid dienone is 1. The molecular formula is C78H96N2O11. The molecule has 13 heteroatoms. The molecule has 91 heavy (non-hydrogen) atoms. The Morgan fingerprint density at radius 1 is 0.868 bits per heavy atom. The van der Waals surface area contributed by atoms with Crippen molar-refractivity contribution in [1.29, 1.82) is 0 Å². The second-order valence-electron chi connectivity index (χ2n) is 34.8. The van der Waals surface area contributed by atoms with Crippen LogP contribution in [0.15, 0.2) is 64.9 Å². The Morgan fingerprint density at radius 2 is 1.73 bits per heavy atom. The predicted octanol–water partition coefficient (Wildman–Crippen LogP) is 10.2. The number of furan rings is 1. The van der Waals surface area contributed by atoms with Gasteiger partial charge in [-0.2, -0.15) is 0 Å². The number of carbonyl (C=O) groups excluding carboxylic acids is 3. The van der Waals surface area contributed by atoms with Crippen molar-refractivity contribution in [1.82, 2.24) is 10.2 Å². The highest BCUT2D eigenvalue weighted by Gasteiger charge is 3.00. The number of epoxide rings is 1. The first-order valence-corrected chi connectivity index (χ1v) is 36.9. The van der Waals surface area contributed by atoms with Gasteiger partial charge in [0.05, 0.1) is 54.4 Å². The van der Waals surface area contributed by atoms with Crippen LogP contribution in [0.1, 0.15) is 165 Å². The van der Waals surface area contributed by atoms with E-state index in [1.54, 1.807) is 0 Å². The fraction of sp³-hybridized carbons (Fsp3) is 0.756. The van der Waals surface area contributed by atoms with Gasteiger partial charge in [-0.25, -0.2) is 4.79 Å². The van der Waals surface area contributed by atoms with Gasteiger partial charge < -0.3 is 43.6 Å². The van der Waals surface area contributed by atoms with Crippen molar-refractivity contribution in [2.45, 2.75) is 209 Å². The van der Waals surface area contributed by atoms with E-state index in [0.717, 1.165) is 107 Å². The molecule has 30 atom stereocenters. The zero-order chi connectivity index (χ0) is 61.3. The monoisotopic (exact) mass is 1240 g/mol. The number of nitrogens with zero attached hydrogens (tertiary/aromatic N) is 1. The van der Waals surface area contributed by atoms with E-state index in [4.69, 9.17) is 23.4 Å². The standard InChI is InChI=1S/C78H96N2O11/c1-41-53-14-8-7-12-44(53)19-23-54(41)58-32-52-31-51-13-9-26-73(51)35-49-34-71(2)76-50(22-18-48-38-87-61(62(48)76)33-56(60(82)37-81)46-20-24-55-47(30-46)25-27-80-40-79-36-59(55)80)21-17-45-16-15-43(28-42-10-5-4-6-11-42)29-57(45)75(78(71)68(89-78)70(86)90-76)64(49)74-39-88-69(85)66(73)77(52,74)91-72(58,3)65(74)63(83)67(75)84/h4-6,10-11,25,27,32,38,41,43-47,49-51,53-60,64-68,79,81-82,84H,7-9,12-16,18-20,22-24,26,28-31,33-37,39-40H2,1-3H3. The Labute approximate surface area is 536 Å². The average Bonchev–Trinajstić information content (AvgIpc) is 1.43. The first-order chi connectivity index (χ1) is 44.1. The fourth-order valence-corrected chi connectivity index (χ4v) is 29.8. The average molecular weight is 1240 g/mol. The molecule has 1 aromatic heterocycles. The molecule has 0 amide bonds. The number of Topliss-reactive ketones (excluding diaryl/α,β-unsaturated/α-hetero) is 1. The van der Waals surface area contributed by atoms with Crippen LogP contribution in [0.5, 0.6) is 0 Å². The molecule has 0 radical (unpaired) electrons. The number of fused-ring (bicyclic) bond motifs is 8. The number of benzene rings is 1. The van der Waals surface area contributed by atoms with Gasteiger partial charge in [-0.05, 0) is 221 Å². The first kappa shape index (κ1) is 57.0. The molecule has 30 unspecified atom stereocenters. The van der Waals surface area contributed by atoms with Gasteiger partial charge in [0.25, 0.3) is 0 Å². The number of cyclic esters (lactones) is 1. The van der Waals surface area contributed by atoms with E-state index in [0.29, 0.717) is 67.6 Å². The molecule has 13 nitrogen and oxygen atoms in total. The van der Waals surface area contributed by atoms with Crippen LogP contribution in [0.25, 0.3) is 0 Å². The van der Waals surface area contributed by atoms with Crippen molar-refractivity contribution >= 4 is 17.7 Å². The van der Waals surface area contributed by atoms with Gasteiger partial charge in [0, 0.05) is 47.2 Å². The lowest BCUT2D eigenvalue weighted by Crippen LogP contribution is -2.84. The minimum atomic E-state index is -1.56. The smallest absolute Gasteiger partial charge is 0.339 e. The SMILES string of the molecule is CC1C2CCCCC2CCC1C1C=C2CC3CCCC34CC3CC5(C)C67OC(=O)C8OC85C5(C(O)C(=O)C8C1(C)OC21C4C(=O)OCC81C35)C1CC(Cc2ccccc2)CCC1C#CC6CCc1coc(CC(C(O)CO)C2CCC3C(C=CN4CNCC34)C2)c17. The molecule has 9 saturated carbocycles. The zero-order valence-electron chi connectivity index (χ0n) is 53.8. The number of ether oxygens (including phenoxy) is 4. The molecule has 5 saturated heterocycles. The van der Waals surface area contributed by atoms with Crippen molar-refractivity contribution in [3.05, 3.63) is 83.0 Å². The summed E-state index contributed by atoms with van der Waals surface area (Å²) < 4.78 is 38.4. The van der Waals surface area contributed by atoms with Crippen molar-refractivity contribution in [3.63, 3.8) is 0 Å². The maximum atomic E-state index is 17.9. The highest BCUT2D eigenvalue weighted by Crippen LogP contribution is 2.91. The summed E-state index contributed by atoms with van der Waals surface area (Å²) in [6, 6.07) is 11.3. The van der Waals surface area contributed by atoms with E-state index >= 15 is 19.5 Å². The van der Waals surface area contributed by atoms with Gasteiger partial charge in [0.2, 0.25) is 0 Å². The Hall–Kier alpha value is -4.29. The van der Waals surface area contributed by atoms with E-state index < -0.39 is 92.0 Å². The normalized spacial score (nSPS) is 53.8. The van der Waals surface area contributed by atoms with Crippen molar-refractivity contribution in [2.24, 2.45) is 128 Å². The van der Waals surface area contributed by atoms with Gasteiger partial charge >= 0.3 is 11.9 Å². The maximum absolute atomic E-state index is 17.9. The lowest BCUT2D eigenvalue weighted by Gasteiger charge is -2.74. The molecule has 20 rings (SSSR count). The molecule has 7 aliphatic heterocycles. The number of ketones is 1. The van der Waals surface area contributed by atoms with Crippen LogP contribution in [-0.2, 0) is 58.2 Å². The molecule has 2 aromatic rings. The summed E-state index contributed by atoms with van der Waals surface area (Å²) in [7, 11) is 0. The molecule has 8 heterocycles. The number of hydrogen-bond donors (Lipinski definition) is 4. The summed E-state index contributed by atoms with van der Waals surface area (Å²) in [6.07, 6.45) is 25.6. The molecule has 14 fully saturated rings. The molecular weight excluding hydrogens is 1140 g/mol. The van der Waals surface area contributed by atoms with Crippen molar-refractivity contribution in [2.75, 3.05) is 26.4 Å². The van der Waals surface area contributed by atoms with Gasteiger partial charge in [-0.3, -0.25) is 14.9 Å². The number of esters is 2. The molecule has 18 aliphatic rings. The number of nitrogens with one attached hydrogen (secondary N) is 1. The second kappa shape index (κ2) is 19.0. The molecule has 9 bridgehead atoms. The van der Waals surface area contributed by atoms with Gasteiger partial charge in [0.15, 0.2) is 17.5 Å². The zero-order valence-corrected chi connectivity index (χ0v) is 53.8. The first-order valence-electron chi connectivity index (χ1n) is 36.9. The fourth-order valence-electron chi connectivity index (χ4n) is 29.8. The molecule has 484 valence electrons. The summed E-state index contributed by atoms with van der Waals surface area (Å²) >= 11 is 0. The van der Waals surface area contributed by atoms with E-state index in [-0.39, 0.29) is 78.2 Å². The number of rotatable bonds is 8. The number of hydrogen-bond acceptors (Lipinski definition) is 13. The number of carbonyl (C=O) groups is 3. The number of aliphatic hydroxyl groups is 3. The third-order valence-corrected chi connectivity index (χ3v) is 32.4. The van der Waals surface area contributed by atoms with E-state index in [1.807, 2.05) is 6.26 Å². The quantitative estimate of drug-likeness (QED) is 0.0850. The Morgan fingerprint density at radius 3 is 2.59 bits per heavy atom. The third-order valence-electron chi connectivity index (χ3n) is 32.4. The lowest BCUT2D eigenvalue weighted by atomic mass is 9.28. The van der Waals surface area contributed by atoms with Crippen LogP contribution in [0, 0.1) is 140 Å². The van der Waals surface area contributed by atoms with Crippen molar-refractivity contribution in [3.8, 4) is 11.8 Å². The minimum absolute atomic E-state index is 0.0326. The van der Waals surface area contributed by atoms with E-state index in [2.05, 4.69) is 91.5 Å². The molecule has 1 aromatic carbocycles. The van der Waals surface area contributed by atoms with E-state index in [9.17, 15) is 10.2 Å². The lowest BCUT2D eigenvalue weighted by molar-refractivity contribution is -0.320. The summed E-state index contributed by atoms with van der Waals surface area (Å²) in [4.78, 5) is 52.8. The number of aryl methyl sites for hydroxylation is 1. The topological polar surface area (TPSA) is 181 Å². The minimum Gasteiger partial charge on any atom is -0.469 e. The summed E-state index contributed by atoms with van der Waals surface area (Å²) in [5, 5.41) is 42.2. The van der Waals surface area contributed by atoms with Crippen LogP contribution in [0.3, 0.4) is 0 Å². The molecule has 6 spiro atoms. The van der Waals surface area contributed by atoms with Crippen LogP contribution < -0.4 is 5.32 Å². The third kappa shape index (κ3) is 6.55. The summed E-state index contributed by atoms with van der Waals surface area (Å²) in [6.45, 7) is 8.63. The van der Waals surface area contributed by atoms with Crippen LogP contribution in [-0.4, -0.2) is 106 Å². The van der Waals surface area contributed by atoms with Gasteiger partial charge in [-0.15, -0.1) is 0 Å². The Kier molecular flexibility index (Phi) is 11.9. The largest absolute Gasteiger partial charge is 0.469 e. The highest BCUT2D eigenvalue weighted by molar-refractivity contribution is 5.94. The molecule has 4 N–H and O–H groups in total. The highest BCUT2D eigenvalue weighted by atomic mass is 16.7. The second-order valence-corrected chi connectivity index (χ2v) is 34.8. The predicted molar refractivity (Wildman–Crippen MR) is 334 cm³/mol. The van der Waals surface area contributed by atoms with Crippen molar-refractivity contribution < 1.29 is 53.1 Å². The Bertz CT molecular complexity index is 3570. The van der Waals surface area contributed by atoms with Crippen LogP contribution in [0.4, 0.5) is 0 Å². The number of aliphatic hydroxyl groups excluding tert-OH is 3. The molecule has 11 aliphatic carbocycles. The van der Waals surface area contributed by atoms with E-state index in [1.165, 1.54) is 43.2 Å². The maximum Gasteiger partial charge on any atom is 0.339 e. The van der Waals surface area contributed by atoms with Gasteiger partial charge in [-0.1, -0.05) is 93.9 Å². The Balaban J connectivity index is 0.811. The van der Waals surface area contributed by atoms with Gasteiger partial charge in [0.1, 0.15) is 29.7 Å².